The number of nitrogens with zero attached hydrogens (tertiary/aromatic N) is 3. The van der Waals surface area contributed by atoms with E-state index in [9.17, 15) is 4.79 Å². The largest absolute Gasteiger partial charge is 0.375 e. The lowest BCUT2D eigenvalue weighted by molar-refractivity contribution is 0.0957. The molecule has 6 nitrogen and oxygen atoms in total. The summed E-state index contributed by atoms with van der Waals surface area (Å²) in [5, 5.41) is 7.34. The van der Waals surface area contributed by atoms with Crippen LogP contribution in [0.15, 0.2) is 12.4 Å². The number of aromatic nitrogens is 3. The summed E-state index contributed by atoms with van der Waals surface area (Å²) >= 11 is 1.21. The molecule has 0 saturated carbocycles. The summed E-state index contributed by atoms with van der Waals surface area (Å²) in [6.45, 7) is 2.35. The van der Waals surface area contributed by atoms with Crippen molar-refractivity contribution in [1.82, 2.24) is 20.1 Å². The van der Waals surface area contributed by atoms with Gasteiger partial charge in [-0.15, -0.1) is 0 Å². The smallest absolute Gasteiger partial charge is 0.263 e. The summed E-state index contributed by atoms with van der Waals surface area (Å²) in [5.41, 5.74) is 7.33. The van der Waals surface area contributed by atoms with Crippen molar-refractivity contribution in [3.05, 3.63) is 28.5 Å². The van der Waals surface area contributed by atoms with Crippen LogP contribution in [0, 0.1) is 6.92 Å². The lowest BCUT2D eigenvalue weighted by Gasteiger charge is -2.02. The van der Waals surface area contributed by atoms with E-state index in [0.29, 0.717) is 22.2 Å². The van der Waals surface area contributed by atoms with Crippen molar-refractivity contribution in [3.8, 4) is 0 Å². The molecule has 0 saturated heterocycles. The zero-order chi connectivity index (χ0) is 13.1. The van der Waals surface area contributed by atoms with Gasteiger partial charge in [-0.1, -0.05) is 11.3 Å². The van der Waals surface area contributed by atoms with Gasteiger partial charge < -0.3 is 11.1 Å². The van der Waals surface area contributed by atoms with Crippen molar-refractivity contribution in [2.75, 3.05) is 12.3 Å². The maximum atomic E-state index is 11.9. The van der Waals surface area contributed by atoms with Gasteiger partial charge in [-0.05, 0) is 18.9 Å². The van der Waals surface area contributed by atoms with Gasteiger partial charge in [0, 0.05) is 19.8 Å². The zero-order valence-electron chi connectivity index (χ0n) is 10.3. The van der Waals surface area contributed by atoms with Crippen LogP contribution in [0.1, 0.15) is 20.9 Å². The molecule has 96 valence electrons. The Morgan fingerprint density at radius 2 is 2.39 bits per heavy atom. The van der Waals surface area contributed by atoms with E-state index >= 15 is 0 Å². The molecule has 0 fully saturated rings. The molecule has 0 spiro atoms. The van der Waals surface area contributed by atoms with Crippen LogP contribution in [0.25, 0.3) is 0 Å². The van der Waals surface area contributed by atoms with Crippen LogP contribution in [-0.4, -0.2) is 27.2 Å². The summed E-state index contributed by atoms with van der Waals surface area (Å²) in [5.74, 6) is -0.120. The van der Waals surface area contributed by atoms with E-state index in [4.69, 9.17) is 5.73 Å². The average Bonchev–Trinajstić information content (AvgIpc) is 2.85. The van der Waals surface area contributed by atoms with E-state index in [1.807, 2.05) is 13.2 Å². The van der Waals surface area contributed by atoms with E-state index in [1.165, 1.54) is 11.3 Å². The Labute approximate surface area is 109 Å². The number of hydrogen-bond donors (Lipinski definition) is 2. The van der Waals surface area contributed by atoms with Gasteiger partial charge in [0.25, 0.3) is 5.91 Å². The molecule has 18 heavy (non-hydrogen) atoms. The highest BCUT2D eigenvalue weighted by Gasteiger charge is 2.13. The highest BCUT2D eigenvalue weighted by atomic mass is 32.1. The normalized spacial score (nSPS) is 10.6. The van der Waals surface area contributed by atoms with E-state index in [1.54, 1.807) is 17.8 Å². The maximum absolute atomic E-state index is 11.9. The number of nitrogens with two attached hydrogens (primary N) is 1. The predicted molar refractivity (Wildman–Crippen MR) is 70.5 cm³/mol. The van der Waals surface area contributed by atoms with E-state index in [-0.39, 0.29) is 5.91 Å². The molecule has 0 unspecified atom stereocenters. The molecule has 7 heteroatoms. The molecule has 0 radical (unpaired) electrons. The Morgan fingerprint density at radius 3 is 2.94 bits per heavy atom. The predicted octanol–water partition coefficient (Wildman–Crippen LogP) is 0.740. The number of thiazole rings is 1. The number of nitrogen functional groups attached to an aromatic ring is 1. The van der Waals surface area contributed by atoms with Crippen LogP contribution in [0.2, 0.25) is 0 Å². The third-order valence-electron chi connectivity index (χ3n) is 2.48. The topological polar surface area (TPSA) is 85.8 Å². The summed E-state index contributed by atoms with van der Waals surface area (Å²) < 4.78 is 1.74. The standard InChI is InChI=1S/C11H15N5OS/c1-7-9(18-11(12)15-7)10(17)13-4-3-8-5-14-16(2)6-8/h5-6H,3-4H2,1-2H3,(H2,12,15)(H,13,17). The van der Waals surface area contributed by atoms with E-state index < -0.39 is 0 Å². The number of carbonyl (C=O) groups excluding carboxylic acids is 1. The van der Waals surface area contributed by atoms with Crippen molar-refractivity contribution >= 4 is 22.4 Å². The van der Waals surface area contributed by atoms with Crippen LogP contribution in [0.5, 0.6) is 0 Å². The van der Waals surface area contributed by atoms with Gasteiger partial charge in [0.15, 0.2) is 5.13 Å². The molecule has 0 atom stereocenters. The van der Waals surface area contributed by atoms with Crippen LogP contribution >= 0.6 is 11.3 Å². The number of hydrogen-bond acceptors (Lipinski definition) is 5. The Hall–Kier alpha value is -1.89. The van der Waals surface area contributed by atoms with Crippen LogP contribution in [0.4, 0.5) is 5.13 Å². The summed E-state index contributed by atoms with van der Waals surface area (Å²) in [4.78, 5) is 16.5. The monoisotopic (exact) mass is 265 g/mol. The average molecular weight is 265 g/mol. The van der Waals surface area contributed by atoms with Gasteiger partial charge in [0.1, 0.15) is 4.88 Å². The fourth-order valence-electron chi connectivity index (χ4n) is 1.63. The summed E-state index contributed by atoms with van der Waals surface area (Å²) in [6, 6.07) is 0. The van der Waals surface area contributed by atoms with Crippen molar-refractivity contribution in [2.24, 2.45) is 7.05 Å². The highest BCUT2D eigenvalue weighted by Crippen LogP contribution is 2.19. The van der Waals surface area contributed by atoms with Crippen LogP contribution < -0.4 is 11.1 Å². The lowest BCUT2D eigenvalue weighted by atomic mass is 10.2. The summed E-state index contributed by atoms with van der Waals surface area (Å²) in [7, 11) is 1.87. The molecule has 0 aromatic carbocycles. The number of aryl methyl sites for hydroxylation is 2. The summed E-state index contributed by atoms with van der Waals surface area (Å²) in [6.07, 6.45) is 4.48. The quantitative estimate of drug-likeness (QED) is 0.853. The van der Waals surface area contributed by atoms with Gasteiger partial charge in [-0.25, -0.2) is 4.98 Å². The first-order valence-electron chi connectivity index (χ1n) is 5.55. The molecule has 2 heterocycles. The minimum Gasteiger partial charge on any atom is -0.375 e. The Kier molecular flexibility index (Phi) is 3.61. The molecule has 1 amide bonds. The minimum atomic E-state index is -0.120. The fraction of sp³-hybridized carbons (Fsp3) is 0.364. The first kappa shape index (κ1) is 12.6. The van der Waals surface area contributed by atoms with Crippen molar-refractivity contribution < 1.29 is 4.79 Å². The Morgan fingerprint density at radius 1 is 1.61 bits per heavy atom. The molecule has 0 aliphatic rings. The Bertz CT molecular complexity index is 560. The molecular formula is C11H15N5OS. The minimum absolute atomic E-state index is 0.120. The molecule has 2 rings (SSSR count). The first-order valence-corrected chi connectivity index (χ1v) is 6.36. The number of anilines is 1. The molecule has 2 aromatic rings. The van der Waals surface area contributed by atoms with Gasteiger partial charge in [0.2, 0.25) is 0 Å². The number of amides is 1. The van der Waals surface area contributed by atoms with E-state index in [2.05, 4.69) is 15.4 Å². The third-order valence-corrected chi connectivity index (χ3v) is 3.46. The van der Waals surface area contributed by atoms with Crippen molar-refractivity contribution in [3.63, 3.8) is 0 Å². The van der Waals surface area contributed by atoms with Gasteiger partial charge in [-0.3, -0.25) is 9.48 Å². The SMILES string of the molecule is Cc1nc(N)sc1C(=O)NCCc1cnn(C)c1. The molecule has 0 aliphatic carbocycles. The molecule has 2 aromatic heterocycles. The molecule has 0 aliphatic heterocycles. The molecule has 0 bridgehead atoms. The van der Waals surface area contributed by atoms with E-state index in [0.717, 1.165) is 12.0 Å². The molecule has 3 N–H and O–H groups in total. The van der Waals surface area contributed by atoms with Gasteiger partial charge in [-0.2, -0.15) is 5.10 Å². The van der Waals surface area contributed by atoms with Gasteiger partial charge >= 0.3 is 0 Å². The van der Waals surface area contributed by atoms with Crippen molar-refractivity contribution in [1.29, 1.82) is 0 Å². The zero-order valence-corrected chi connectivity index (χ0v) is 11.1. The number of carbonyl (C=O) groups is 1. The Balaban J connectivity index is 1.87. The number of rotatable bonds is 4. The first-order chi connectivity index (χ1) is 8.56. The highest BCUT2D eigenvalue weighted by molar-refractivity contribution is 7.17. The fourth-order valence-corrected chi connectivity index (χ4v) is 2.38. The number of nitrogens with one attached hydrogen (secondary N) is 1. The lowest BCUT2D eigenvalue weighted by Crippen LogP contribution is -2.25. The second kappa shape index (κ2) is 5.18. The van der Waals surface area contributed by atoms with Crippen LogP contribution in [-0.2, 0) is 13.5 Å². The van der Waals surface area contributed by atoms with Gasteiger partial charge in [0.05, 0.1) is 11.9 Å². The van der Waals surface area contributed by atoms with Crippen LogP contribution in [0.3, 0.4) is 0 Å². The van der Waals surface area contributed by atoms with Crippen molar-refractivity contribution in [2.45, 2.75) is 13.3 Å². The second-order valence-electron chi connectivity index (χ2n) is 3.99. The maximum Gasteiger partial charge on any atom is 0.263 e. The third kappa shape index (κ3) is 2.86. The molecular weight excluding hydrogens is 250 g/mol. The second-order valence-corrected chi connectivity index (χ2v) is 5.03.